The number of carbonyl (C=O) groups is 1. The third-order valence-corrected chi connectivity index (χ3v) is 4.41. The number of benzene rings is 1. The van der Waals surface area contributed by atoms with Gasteiger partial charge in [-0.2, -0.15) is 0 Å². The number of rotatable bonds is 3. The maximum Gasteiger partial charge on any atom is 0.182 e. The molecule has 0 spiro atoms. The van der Waals surface area contributed by atoms with E-state index in [1.54, 1.807) is 24.4 Å². The summed E-state index contributed by atoms with van der Waals surface area (Å²) >= 11 is 0. The second kappa shape index (κ2) is 4.49. The zero-order valence-corrected chi connectivity index (χ0v) is 10.9. The topological polar surface area (TPSA) is 64.1 Å². The number of nitrogens with zero attached hydrogens (tertiary/aromatic N) is 1. The number of ketones is 1. The van der Waals surface area contributed by atoms with Crippen molar-refractivity contribution in [2.45, 2.75) is 12.2 Å². The Balaban J connectivity index is 2.59. The number of para-hydroxylation sites is 1. The number of fused-ring (bicyclic) bond motifs is 1. The first-order valence-electron chi connectivity index (χ1n) is 5.48. The molecule has 0 N–H and O–H groups in total. The number of pyridine rings is 1. The molecule has 4 nitrogen and oxygen atoms in total. The molecule has 1 aromatic carbocycles. The van der Waals surface area contributed by atoms with Crippen LogP contribution in [-0.2, 0) is 9.84 Å². The minimum Gasteiger partial charge on any atom is -0.293 e. The molecule has 0 saturated carbocycles. The van der Waals surface area contributed by atoms with Gasteiger partial charge in [-0.15, -0.1) is 0 Å². The predicted octanol–water partition coefficient (Wildman–Crippen LogP) is 1.85. The zero-order valence-electron chi connectivity index (χ0n) is 10.1. The first-order valence-corrected chi connectivity index (χ1v) is 7.43. The Morgan fingerprint density at radius 2 is 1.89 bits per heavy atom. The van der Waals surface area contributed by atoms with Gasteiger partial charge in [-0.3, -0.25) is 9.78 Å². The van der Waals surface area contributed by atoms with E-state index in [1.807, 2.05) is 12.1 Å². The van der Waals surface area contributed by atoms with Gasteiger partial charge in [-0.1, -0.05) is 18.2 Å². The van der Waals surface area contributed by atoms with Crippen molar-refractivity contribution in [2.24, 2.45) is 0 Å². The second-order valence-electron chi connectivity index (χ2n) is 4.22. The average Bonchev–Trinajstić information content (AvgIpc) is 2.35. The minimum absolute atomic E-state index is 0.353. The summed E-state index contributed by atoms with van der Waals surface area (Å²) in [5.74, 6) is -0.415. The maximum atomic E-state index is 12.2. The van der Waals surface area contributed by atoms with Crippen LogP contribution in [0.4, 0.5) is 0 Å². The van der Waals surface area contributed by atoms with E-state index in [2.05, 4.69) is 4.98 Å². The van der Waals surface area contributed by atoms with Gasteiger partial charge in [-0.25, -0.2) is 8.42 Å². The SMILES string of the molecule is CC(C(=O)c1cccc2cccnc12)S(C)(=O)=O. The molecule has 0 aliphatic rings. The number of aromatic nitrogens is 1. The molecule has 0 aliphatic carbocycles. The fourth-order valence-corrected chi connectivity index (χ4v) is 2.23. The fourth-order valence-electron chi connectivity index (χ4n) is 1.72. The van der Waals surface area contributed by atoms with Crippen molar-refractivity contribution in [2.75, 3.05) is 6.26 Å². The molecular formula is C13H13NO3S. The average molecular weight is 263 g/mol. The van der Waals surface area contributed by atoms with Crippen LogP contribution >= 0.6 is 0 Å². The monoisotopic (exact) mass is 263 g/mol. The summed E-state index contributed by atoms with van der Waals surface area (Å²) < 4.78 is 22.9. The Morgan fingerprint density at radius 3 is 2.56 bits per heavy atom. The molecule has 2 rings (SSSR count). The molecule has 0 saturated heterocycles. The van der Waals surface area contributed by atoms with E-state index >= 15 is 0 Å². The van der Waals surface area contributed by atoms with Crippen molar-refractivity contribution in [1.82, 2.24) is 4.98 Å². The maximum absolute atomic E-state index is 12.2. The minimum atomic E-state index is -3.40. The summed E-state index contributed by atoms with van der Waals surface area (Å²) in [5, 5.41) is -0.228. The zero-order chi connectivity index (χ0) is 13.3. The summed E-state index contributed by atoms with van der Waals surface area (Å²) in [4.78, 5) is 16.3. The molecule has 0 fully saturated rings. The van der Waals surface area contributed by atoms with Gasteiger partial charge in [0, 0.05) is 23.4 Å². The molecule has 0 aliphatic heterocycles. The first kappa shape index (κ1) is 12.7. The Kier molecular flexibility index (Phi) is 3.17. The summed E-state index contributed by atoms with van der Waals surface area (Å²) in [7, 11) is -3.40. The van der Waals surface area contributed by atoms with Gasteiger partial charge in [-0.05, 0) is 19.1 Å². The van der Waals surface area contributed by atoms with Crippen molar-refractivity contribution in [1.29, 1.82) is 0 Å². The molecular weight excluding hydrogens is 250 g/mol. The molecule has 5 heteroatoms. The van der Waals surface area contributed by atoms with E-state index in [9.17, 15) is 13.2 Å². The van der Waals surface area contributed by atoms with E-state index < -0.39 is 20.9 Å². The van der Waals surface area contributed by atoms with Crippen molar-refractivity contribution < 1.29 is 13.2 Å². The van der Waals surface area contributed by atoms with Crippen LogP contribution in [0.2, 0.25) is 0 Å². The number of hydrogen-bond donors (Lipinski definition) is 0. The van der Waals surface area contributed by atoms with E-state index in [0.717, 1.165) is 11.6 Å². The quantitative estimate of drug-likeness (QED) is 0.793. The highest BCUT2D eigenvalue weighted by atomic mass is 32.2. The molecule has 94 valence electrons. The molecule has 18 heavy (non-hydrogen) atoms. The third kappa shape index (κ3) is 2.26. The van der Waals surface area contributed by atoms with Crippen molar-refractivity contribution in [3.63, 3.8) is 0 Å². The standard InChI is InChI=1S/C13H13NO3S/c1-9(18(2,16)17)13(15)11-7-3-5-10-6-4-8-14-12(10)11/h3-9H,1-2H3. The van der Waals surface area contributed by atoms with Gasteiger partial charge in [0.2, 0.25) is 0 Å². The van der Waals surface area contributed by atoms with E-state index in [1.165, 1.54) is 6.92 Å². The van der Waals surface area contributed by atoms with Crippen LogP contribution in [0.1, 0.15) is 17.3 Å². The van der Waals surface area contributed by atoms with E-state index in [-0.39, 0.29) is 0 Å². The molecule has 0 radical (unpaired) electrons. The Hall–Kier alpha value is -1.75. The molecule has 2 aromatic rings. The second-order valence-corrected chi connectivity index (χ2v) is 6.58. The van der Waals surface area contributed by atoms with Gasteiger partial charge in [0.15, 0.2) is 15.6 Å². The number of Topliss-reactive ketones (excluding diaryl/α,β-unsaturated/α-hetero) is 1. The molecule has 1 unspecified atom stereocenters. The first-order chi connectivity index (χ1) is 8.41. The molecule has 1 heterocycles. The number of hydrogen-bond acceptors (Lipinski definition) is 4. The van der Waals surface area contributed by atoms with Crippen molar-refractivity contribution in [3.8, 4) is 0 Å². The Bertz CT molecular complexity index is 702. The lowest BCUT2D eigenvalue weighted by atomic mass is 10.0. The molecule has 1 aromatic heterocycles. The highest BCUT2D eigenvalue weighted by molar-refractivity contribution is 7.92. The largest absolute Gasteiger partial charge is 0.293 e. The summed E-state index contributed by atoms with van der Waals surface area (Å²) in [6.45, 7) is 1.40. The van der Waals surface area contributed by atoms with Crippen LogP contribution in [0.5, 0.6) is 0 Å². The lowest BCUT2D eigenvalue weighted by Gasteiger charge is -2.09. The lowest BCUT2D eigenvalue weighted by Crippen LogP contribution is -2.26. The third-order valence-electron chi connectivity index (χ3n) is 2.91. The van der Waals surface area contributed by atoms with Crippen LogP contribution in [-0.4, -0.2) is 30.7 Å². The molecule has 0 amide bonds. The summed E-state index contributed by atoms with van der Waals surface area (Å²) in [6.07, 6.45) is 2.65. The van der Waals surface area contributed by atoms with Gasteiger partial charge >= 0.3 is 0 Å². The van der Waals surface area contributed by atoms with Crippen LogP contribution in [0.25, 0.3) is 10.9 Å². The molecule has 0 bridgehead atoms. The highest BCUT2D eigenvalue weighted by Crippen LogP contribution is 2.19. The Labute approximate surface area is 106 Å². The predicted molar refractivity (Wildman–Crippen MR) is 70.4 cm³/mol. The summed E-state index contributed by atoms with van der Waals surface area (Å²) in [6, 6.07) is 8.79. The van der Waals surface area contributed by atoms with Gasteiger partial charge in [0.05, 0.1) is 5.52 Å². The van der Waals surface area contributed by atoms with Crippen LogP contribution in [0.3, 0.4) is 0 Å². The lowest BCUT2D eigenvalue weighted by molar-refractivity contribution is 0.0993. The van der Waals surface area contributed by atoms with Crippen LogP contribution in [0, 0.1) is 0 Å². The normalized spacial score (nSPS) is 13.4. The van der Waals surface area contributed by atoms with Crippen molar-refractivity contribution in [3.05, 3.63) is 42.1 Å². The highest BCUT2D eigenvalue weighted by Gasteiger charge is 2.26. The van der Waals surface area contributed by atoms with E-state index in [0.29, 0.717) is 11.1 Å². The molecule has 1 atom stereocenters. The van der Waals surface area contributed by atoms with Gasteiger partial charge < -0.3 is 0 Å². The van der Waals surface area contributed by atoms with Crippen molar-refractivity contribution >= 4 is 26.5 Å². The van der Waals surface area contributed by atoms with E-state index in [4.69, 9.17) is 0 Å². The number of carbonyl (C=O) groups excluding carboxylic acids is 1. The summed E-state index contributed by atoms with van der Waals surface area (Å²) in [5.41, 5.74) is 0.895. The fraction of sp³-hybridized carbons (Fsp3) is 0.231. The van der Waals surface area contributed by atoms with Gasteiger partial charge in [0.1, 0.15) is 5.25 Å². The van der Waals surface area contributed by atoms with Gasteiger partial charge in [0.25, 0.3) is 0 Å². The van der Waals surface area contributed by atoms with Crippen LogP contribution < -0.4 is 0 Å². The Morgan fingerprint density at radius 1 is 1.22 bits per heavy atom. The number of sulfone groups is 1. The smallest absolute Gasteiger partial charge is 0.182 e. The van der Waals surface area contributed by atoms with Crippen LogP contribution in [0.15, 0.2) is 36.5 Å².